The van der Waals surface area contributed by atoms with Crippen LogP contribution in [0.5, 0.6) is 0 Å². The Kier molecular flexibility index (Phi) is 6.16. The Balaban J connectivity index is 1.98. The maximum absolute atomic E-state index is 10.8. The summed E-state index contributed by atoms with van der Waals surface area (Å²) in [6, 6.07) is 14.5. The summed E-state index contributed by atoms with van der Waals surface area (Å²) in [6.45, 7) is 2.68. The molecule has 5 heteroatoms. The van der Waals surface area contributed by atoms with Crippen molar-refractivity contribution < 1.29 is 14.6 Å². The van der Waals surface area contributed by atoms with Crippen LogP contribution in [0.25, 0.3) is 0 Å². The monoisotopic (exact) mass is 333 g/mol. The van der Waals surface area contributed by atoms with Crippen LogP contribution in [0.15, 0.2) is 48.5 Å². The van der Waals surface area contributed by atoms with Crippen molar-refractivity contribution in [1.29, 1.82) is 0 Å². The largest absolute Gasteiger partial charge is 0.478 e. The fourth-order valence-corrected chi connectivity index (χ4v) is 2.56. The highest BCUT2D eigenvalue weighted by molar-refractivity contribution is 6.30. The number of carboxylic acids is 1. The van der Waals surface area contributed by atoms with E-state index in [-0.39, 0.29) is 17.7 Å². The van der Waals surface area contributed by atoms with Gasteiger partial charge in [-0.1, -0.05) is 35.9 Å². The average molecular weight is 334 g/mol. The number of aromatic carboxylic acids is 1. The summed E-state index contributed by atoms with van der Waals surface area (Å²) in [5, 5.41) is 13.0. The first kappa shape index (κ1) is 17.5. The normalized spacial score (nSPS) is 13.5. The second kappa shape index (κ2) is 8.11. The molecule has 0 amide bonds. The molecule has 4 nitrogen and oxygen atoms in total. The summed E-state index contributed by atoms with van der Waals surface area (Å²) < 4.78 is 5.59. The van der Waals surface area contributed by atoms with Crippen LogP contribution in [-0.2, 0) is 11.3 Å². The van der Waals surface area contributed by atoms with E-state index >= 15 is 0 Å². The third-order valence-electron chi connectivity index (χ3n) is 3.74. The molecule has 0 aliphatic heterocycles. The van der Waals surface area contributed by atoms with Crippen molar-refractivity contribution >= 4 is 17.6 Å². The van der Waals surface area contributed by atoms with E-state index in [1.165, 1.54) is 0 Å². The van der Waals surface area contributed by atoms with Gasteiger partial charge in [-0.25, -0.2) is 4.79 Å². The van der Waals surface area contributed by atoms with Crippen LogP contribution < -0.4 is 5.32 Å². The van der Waals surface area contributed by atoms with Crippen molar-refractivity contribution in [1.82, 2.24) is 5.32 Å². The van der Waals surface area contributed by atoms with Crippen molar-refractivity contribution in [3.05, 3.63) is 70.2 Å². The van der Waals surface area contributed by atoms with Gasteiger partial charge < -0.3 is 15.2 Å². The first-order chi connectivity index (χ1) is 11.0. The standard InChI is InChI=1S/C18H20ClNO3/c1-12(17(23-2)14-7-9-16(19)10-8-14)20-11-13-3-5-15(6-4-13)18(21)22/h3-10,12,17,20H,11H2,1-2H3,(H,21,22). The molecule has 0 saturated heterocycles. The van der Waals surface area contributed by atoms with Crippen molar-refractivity contribution in [3.63, 3.8) is 0 Å². The molecule has 0 saturated carbocycles. The smallest absolute Gasteiger partial charge is 0.335 e. The average Bonchev–Trinajstić information content (AvgIpc) is 2.55. The number of carboxylic acid groups (broad SMARTS) is 1. The molecule has 0 bridgehead atoms. The molecule has 2 unspecified atom stereocenters. The van der Waals surface area contributed by atoms with Crippen LogP contribution in [-0.4, -0.2) is 24.2 Å². The fourth-order valence-electron chi connectivity index (χ4n) is 2.43. The molecule has 2 rings (SSSR count). The third-order valence-corrected chi connectivity index (χ3v) is 3.99. The molecule has 122 valence electrons. The molecule has 0 aliphatic rings. The summed E-state index contributed by atoms with van der Waals surface area (Å²) in [7, 11) is 1.68. The van der Waals surface area contributed by atoms with E-state index in [1.54, 1.807) is 19.2 Å². The Morgan fingerprint density at radius 2 is 1.78 bits per heavy atom. The van der Waals surface area contributed by atoms with Gasteiger partial charge in [-0.05, 0) is 42.3 Å². The highest BCUT2D eigenvalue weighted by Gasteiger charge is 2.18. The van der Waals surface area contributed by atoms with E-state index in [0.717, 1.165) is 11.1 Å². The third kappa shape index (κ3) is 4.79. The van der Waals surface area contributed by atoms with Gasteiger partial charge in [-0.3, -0.25) is 0 Å². The molecular formula is C18H20ClNO3. The number of nitrogens with one attached hydrogen (secondary N) is 1. The number of ether oxygens (including phenoxy) is 1. The molecule has 0 radical (unpaired) electrons. The molecule has 0 aromatic heterocycles. The van der Waals surface area contributed by atoms with Crippen LogP contribution in [0.1, 0.15) is 34.5 Å². The lowest BCUT2D eigenvalue weighted by molar-refractivity contribution is 0.0697. The van der Waals surface area contributed by atoms with Crippen LogP contribution in [0, 0.1) is 0 Å². The highest BCUT2D eigenvalue weighted by Crippen LogP contribution is 2.22. The number of methoxy groups -OCH3 is 1. The van der Waals surface area contributed by atoms with E-state index in [0.29, 0.717) is 11.6 Å². The molecule has 2 aromatic carbocycles. The van der Waals surface area contributed by atoms with Gasteiger partial charge in [-0.2, -0.15) is 0 Å². The number of hydrogen-bond acceptors (Lipinski definition) is 3. The molecule has 0 aliphatic carbocycles. The van der Waals surface area contributed by atoms with Gasteiger partial charge in [0.2, 0.25) is 0 Å². The van der Waals surface area contributed by atoms with Crippen LogP contribution in [0.2, 0.25) is 5.02 Å². The molecule has 0 heterocycles. The minimum atomic E-state index is -0.917. The van der Waals surface area contributed by atoms with Crippen LogP contribution in [0.3, 0.4) is 0 Å². The van der Waals surface area contributed by atoms with Gasteiger partial charge in [-0.15, -0.1) is 0 Å². The first-order valence-electron chi connectivity index (χ1n) is 7.35. The molecular weight excluding hydrogens is 314 g/mol. The van der Waals surface area contributed by atoms with Crippen molar-refractivity contribution in [2.24, 2.45) is 0 Å². The minimum absolute atomic E-state index is 0.0836. The Labute approximate surface area is 141 Å². The molecule has 23 heavy (non-hydrogen) atoms. The van der Waals surface area contributed by atoms with Gasteiger partial charge in [0.05, 0.1) is 11.7 Å². The highest BCUT2D eigenvalue weighted by atomic mass is 35.5. The summed E-state index contributed by atoms with van der Waals surface area (Å²) >= 11 is 5.92. The van der Waals surface area contributed by atoms with Gasteiger partial charge in [0, 0.05) is 24.7 Å². The lowest BCUT2D eigenvalue weighted by Crippen LogP contribution is -2.32. The molecule has 2 N–H and O–H groups in total. The topological polar surface area (TPSA) is 58.6 Å². The second-order valence-corrected chi connectivity index (χ2v) is 5.82. The zero-order valence-electron chi connectivity index (χ0n) is 13.1. The molecule has 0 fully saturated rings. The van der Waals surface area contributed by atoms with E-state index in [4.69, 9.17) is 21.4 Å². The van der Waals surface area contributed by atoms with Crippen LogP contribution >= 0.6 is 11.6 Å². The Bertz CT molecular complexity index is 640. The molecule has 0 spiro atoms. The second-order valence-electron chi connectivity index (χ2n) is 5.38. The van der Waals surface area contributed by atoms with Crippen molar-refractivity contribution in [2.75, 3.05) is 7.11 Å². The Hall–Kier alpha value is -1.88. The zero-order chi connectivity index (χ0) is 16.8. The summed E-state index contributed by atoms with van der Waals surface area (Å²) in [5.41, 5.74) is 2.36. The lowest BCUT2D eigenvalue weighted by atomic mass is 10.0. The minimum Gasteiger partial charge on any atom is -0.478 e. The Morgan fingerprint density at radius 1 is 1.17 bits per heavy atom. The van der Waals surface area contributed by atoms with E-state index in [9.17, 15) is 4.79 Å². The molecule has 2 aromatic rings. The van der Waals surface area contributed by atoms with Crippen molar-refractivity contribution in [2.45, 2.75) is 25.6 Å². The SMILES string of the molecule is COC(c1ccc(Cl)cc1)C(C)NCc1ccc(C(=O)O)cc1. The quantitative estimate of drug-likeness (QED) is 0.806. The lowest BCUT2D eigenvalue weighted by Gasteiger charge is -2.24. The predicted octanol–water partition coefficient (Wildman–Crippen LogP) is 3.90. The number of halogens is 1. The van der Waals surface area contributed by atoms with E-state index in [1.807, 2.05) is 43.3 Å². The van der Waals surface area contributed by atoms with Crippen LogP contribution in [0.4, 0.5) is 0 Å². The predicted molar refractivity (Wildman–Crippen MR) is 90.9 cm³/mol. The number of carbonyl (C=O) groups is 1. The summed E-state index contributed by atoms with van der Waals surface area (Å²) in [6.07, 6.45) is -0.0921. The molecule has 2 atom stereocenters. The maximum atomic E-state index is 10.8. The number of rotatable bonds is 7. The number of hydrogen-bond donors (Lipinski definition) is 2. The summed E-state index contributed by atoms with van der Waals surface area (Å²) in [4.78, 5) is 10.8. The van der Waals surface area contributed by atoms with Gasteiger partial charge >= 0.3 is 5.97 Å². The van der Waals surface area contributed by atoms with Gasteiger partial charge in [0.25, 0.3) is 0 Å². The first-order valence-corrected chi connectivity index (χ1v) is 7.73. The zero-order valence-corrected chi connectivity index (χ0v) is 13.9. The summed E-state index contributed by atoms with van der Waals surface area (Å²) in [5.74, 6) is -0.917. The van der Waals surface area contributed by atoms with E-state index < -0.39 is 5.97 Å². The number of benzene rings is 2. The fraction of sp³-hybridized carbons (Fsp3) is 0.278. The van der Waals surface area contributed by atoms with Gasteiger partial charge in [0.1, 0.15) is 0 Å². The van der Waals surface area contributed by atoms with Gasteiger partial charge in [0.15, 0.2) is 0 Å². The van der Waals surface area contributed by atoms with E-state index in [2.05, 4.69) is 5.32 Å². The van der Waals surface area contributed by atoms with Crippen molar-refractivity contribution in [3.8, 4) is 0 Å². The maximum Gasteiger partial charge on any atom is 0.335 e. The Morgan fingerprint density at radius 3 is 2.30 bits per heavy atom.